The smallest absolute Gasteiger partial charge is 0.251 e. The van der Waals surface area contributed by atoms with Gasteiger partial charge in [0.1, 0.15) is 0 Å². The molecule has 0 atom stereocenters. The van der Waals surface area contributed by atoms with Crippen LogP contribution in [0.5, 0.6) is 5.88 Å². The molecule has 26 heavy (non-hydrogen) atoms. The van der Waals surface area contributed by atoms with Gasteiger partial charge in [0.15, 0.2) is 5.96 Å². The number of carbonyl (C=O) groups is 1. The number of nitrogens with one attached hydrogen (secondary N) is 3. The van der Waals surface area contributed by atoms with Crippen LogP contribution in [-0.2, 0) is 13.0 Å². The molecule has 7 heteroatoms. The zero-order valence-corrected chi connectivity index (χ0v) is 15.4. The Hall–Kier alpha value is -3.09. The van der Waals surface area contributed by atoms with Gasteiger partial charge in [0, 0.05) is 45.0 Å². The largest absolute Gasteiger partial charge is 0.481 e. The fraction of sp³-hybridized carbons (Fsp3) is 0.316. The third kappa shape index (κ3) is 5.77. The lowest BCUT2D eigenvalue weighted by Gasteiger charge is -2.12. The van der Waals surface area contributed by atoms with Crippen molar-refractivity contribution >= 4 is 11.9 Å². The van der Waals surface area contributed by atoms with Gasteiger partial charge in [-0.05, 0) is 29.7 Å². The standard InChI is InChI=1S/C19H25N5O2/c1-20-18(25)16-6-4-5-14(11-16)9-10-22-19(21-2)24-13-15-7-8-17(26-3)23-12-15/h4-8,11-12H,9-10,13H2,1-3H3,(H,20,25)(H2,21,22,24). The number of aromatic nitrogens is 1. The third-order valence-corrected chi connectivity index (χ3v) is 3.81. The van der Waals surface area contributed by atoms with Crippen LogP contribution in [0.2, 0.25) is 0 Å². The molecule has 2 aromatic rings. The van der Waals surface area contributed by atoms with E-state index in [1.165, 1.54) is 0 Å². The Morgan fingerprint density at radius 1 is 1.19 bits per heavy atom. The van der Waals surface area contributed by atoms with Gasteiger partial charge in [0.2, 0.25) is 5.88 Å². The Kier molecular flexibility index (Phi) is 7.42. The van der Waals surface area contributed by atoms with Gasteiger partial charge in [-0.25, -0.2) is 4.98 Å². The number of aliphatic imine (C=N–C) groups is 1. The van der Waals surface area contributed by atoms with Crippen LogP contribution in [0.1, 0.15) is 21.5 Å². The van der Waals surface area contributed by atoms with Gasteiger partial charge >= 0.3 is 0 Å². The average Bonchev–Trinajstić information content (AvgIpc) is 2.70. The Labute approximate surface area is 153 Å². The van der Waals surface area contributed by atoms with E-state index in [1.807, 2.05) is 30.3 Å². The normalized spacial score (nSPS) is 11.0. The fourth-order valence-electron chi connectivity index (χ4n) is 2.38. The lowest BCUT2D eigenvalue weighted by molar-refractivity contribution is 0.0963. The molecule has 3 N–H and O–H groups in total. The number of hydrogen-bond acceptors (Lipinski definition) is 4. The van der Waals surface area contributed by atoms with Crippen molar-refractivity contribution in [1.82, 2.24) is 20.9 Å². The van der Waals surface area contributed by atoms with Crippen molar-refractivity contribution in [3.63, 3.8) is 0 Å². The van der Waals surface area contributed by atoms with Crippen molar-refractivity contribution in [3.05, 3.63) is 59.3 Å². The highest BCUT2D eigenvalue weighted by Gasteiger charge is 2.04. The Balaban J connectivity index is 1.80. The van der Waals surface area contributed by atoms with Crippen molar-refractivity contribution in [2.24, 2.45) is 4.99 Å². The zero-order chi connectivity index (χ0) is 18.8. The number of carbonyl (C=O) groups excluding carboxylic acids is 1. The Morgan fingerprint density at radius 3 is 2.69 bits per heavy atom. The van der Waals surface area contributed by atoms with Gasteiger partial charge in [-0.1, -0.05) is 18.2 Å². The molecule has 0 aliphatic heterocycles. The predicted molar refractivity (Wildman–Crippen MR) is 103 cm³/mol. The highest BCUT2D eigenvalue weighted by Crippen LogP contribution is 2.07. The van der Waals surface area contributed by atoms with Gasteiger partial charge in [0.05, 0.1) is 7.11 Å². The number of hydrogen-bond donors (Lipinski definition) is 3. The van der Waals surface area contributed by atoms with E-state index in [2.05, 4.69) is 25.9 Å². The first-order chi connectivity index (χ1) is 12.7. The summed E-state index contributed by atoms with van der Waals surface area (Å²) in [4.78, 5) is 20.1. The Bertz CT molecular complexity index is 744. The van der Waals surface area contributed by atoms with Gasteiger partial charge in [-0.3, -0.25) is 9.79 Å². The molecular weight excluding hydrogens is 330 g/mol. The number of amides is 1. The molecule has 1 amide bonds. The summed E-state index contributed by atoms with van der Waals surface area (Å²) in [5.41, 5.74) is 2.79. The maximum absolute atomic E-state index is 11.7. The number of ether oxygens (including phenoxy) is 1. The highest BCUT2D eigenvalue weighted by molar-refractivity contribution is 5.94. The molecule has 0 aliphatic carbocycles. The maximum atomic E-state index is 11.7. The van der Waals surface area contributed by atoms with Crippen molar-refractivity contribution in [3.8, 4) is 5.88 Å². The summed E-state index contributed by atoms with van der Waals surface area (Å²) in [6, 6.07) is 11.4. The quantitative estimate of drug-likeness (QED) is 0.516. The number of pyridine rings is 1. The summed E-state index contributed by atoms with van der Waals surface area (Å²) < 4.78 is 5.05. The summed E-state index contributed by atoms with van der Waals surface area (Å²) in [6.45, 7) is 1.32. The average molecular weight is 355 g/mol. The van der Waals surface area contributed by atoms with E-state index in [1.54, 1.807) is 33.5 Å². The van der Waals surface area contributed by atoms with Crippen molar-refractivity contribution in [2.45, 2.75) is 13.0 Å². The first-order valence-corrected chi connectivity index (χ1v) is 8.40. The van der Waals surface area contributed by atoms with Gasteiger partial charge in [0.25, 0.3) is 5.91 Å². The van der Waals surface area contributed by atoms with E-state index in [4.69, 9.17) is 4.74 Å². The summed E-state index contributed by atoms with van der Waals surface area (Å²) in [5, 5.41) is 9.14. The van der Waals surface area contributed by atoms with Crippen LogP contribution in [0.15, 0.2) is 47.6 Å². The SMILES string of the molecule is CN=C(NCCc1cccc(C(=O)NC)c1)NCc1ccc(OC)nc1. The fourth-order valence-corrected chi connectivity index (χ4v) is 2.38. The number of nitrogens with zero attached hydrogens (tertiary/aromatic N) is 2. The monoisotopic (exact) mass is 355 g/mol. The molecule has 0 spiro atoms. The molecule has 0 bridgehead atoms. The second-order valence-electron chi connectivity index (χ2n) is 5.59. The van der Waals surface area contributed by atoms with E-state index in [0.717, 1.165) is 17.5 Å². The first-order valence-electron chi connectivity index (χ1n) is 8.40. The molecule has 138 valence electrons. The van der Waals surface area contributed by atoms with E-state index in [0.29, 0.717) is 30.5 Å². The molecule has 0 unspecified atom stereocenters. The van der Waals surface area contributed by atoms with Crippen LogP contribution in [0.3, 0.4) is 0 Å². The molecular formula is C19H25N5O2. The molecule has 1 heterocycles. The molecule has 0 saturated heterocycles. The Morgan fingerprint density at radius 2 is 2.04 bits per heavy atom. The van der Waals surface area contributed by atoms with Crippen LogP contribution in [0.4, 0.5) is 0 Å². The van der Waals surface area contributed by atoms with Gasteiger partial charge in [-0.15, -0.1) is 0 Å². The topological polar surface area (TPSA) is 87.6 Å². The van der Waals surface area contributed by atoms with Crippen LogP contribution in [0.25, 0.3) is 0 Å². The molecule has 7 nitrogen and oxygen atoms in total. The molecule has 0 radical (unpaired) electrons. The summed E-state index contributed by atoms with van der Waals surface area (Å²) in [6.07, 6.45) is 2.55. The first kappa shape index (κ1) is 19.2. The summed E-state index contributed by atoms with van der Waals surface area (Å²) >= 11 is 0. The minimum absolute atomic E-state index is 0.0783. The molecule has 0 saturated carbocycles. The highest BCUT2D eigenvalue weighted by atomic mass is 16.5. The minimum atomic E-state index is -0.0783. The molecule has 0 aliphatic rings. The van der Waals surface area contributed by atoms with Crippen molar-refractivity contribution < 1.29 is 9.53 Å². The summed E-state index contributed by atoms with van der Waals surface area (Å²) in [5.74, 6) is 1.23. The number of rotatable bonds is 7. The number of benzene rings is 1. The van der Waals surface area contributed by atoms with Crippen LogP contribution >= 0.6 is 0 Å². The molecule has 2 rings (SSSR count). The van der Waals surface area contributed by atoms with E-state index in [9.17, 15) is 4.79 Å². The number of guanidine groups is 1. The zero-order valence-electron chi connectivity index (χ0n) is 15.4. The van der Waals surface area contributed by atoms with E-state index >= 15 is 0 Å². The molecule has 1 aromatic heterocycles. The van der Waals surface area contributed by atoms with E-state index in [-0.39, 0.29) is 5.91 Å². The van der Waals surface area contributed by atoms with Gasteiger partial charge < -0.3 is 20.7 Å². The van der Waals surface area contributed by atoms with E-state index < -0.39 is 0 Å². The minimum Gasteiger partial charge on any atom is -0.481 e. The van der Waals surface area contributed by atoms with Gasteiger partial charge in [-0.2, -0.15) is 0 Å². The second-order valence-corrected chi connectivity index (χ2v) is 5.59. The van der Waals surface area contributed by atoms with Crippen molar-refractivity contribution in [2.75, 3.05) is 27.7 Å². The maximum Gasteiger partial charge on any atom is 0.251 e. The molecule has 0 fully saturated rings. The molecule has 1 aromatic carbocycles. The lowest BCUT2D eigenvalue weighted by Crippen LogP contribution is -2.37. The predicted octanol–water partition coefficient (Wildman–Crippen LogP) is 1.36. The second kappa shape index (κ2) is 10.0. The van der Waals surface area contributed by atoms with Crippen LogP contribution < -0.4 is 20.7 Å². The summed E-state index contributed by atoms with van der Waals surface area (Å²) in [7, 11) is 4.95. The number of methoxy groups -OCH3 is 1. The van der Waals surface area contributed by atoms with Crippen molar-refractivity contribution in [1.29, 1.82) is 0 Å². The third-order valence-electron chi connectivity index (χ3n) is 3.81. The lowest BCUT2D eigenvalue weighted by atomic mass is 10.1. The van der Waals surface area contributed by atoms with Crippen LogP contribution in [-0.4, -0.2) is 44.6 Å². The van der Waals surface area contributed by atoms with Crippen LogP contribution in [0, 0.1) is 0 Å².